The van der Waals surface area contributed by atoms with Gasteiger partial charge in [0.05, 0.1) is 17.9 Å². The number of unbranched alkanes of at least 4 members (excludes halogenated alkanes) is 1. The highest BCUT2D eigenvalue weighted by Crippen LogP contribution is 2.17. The predicted molar refractivity (Wildman–Crippen MR) is 97.4 cm³/mol. The number of rotatable bonds is 8. The van der Waals surface area contributed by atoms with Crippen molar-refractivity contribution in [1.29, 1.82) is 0 Å². The third-order valence-electron chi connectivity index (χ3n) is 3.25. The first-order chi connectivity index (χ1) is 11.7. The summed E-state index contributed by atoms with van der Waals surface area (Å²) in [5.74, 6) is -0.0757. The highest BCUT2D eigenvalue weighted by Gasteiger charge is 2.08. The molecule has 1 N–H and O–H groups in total. The quantitative estimate of drug-likeness (QED) is 0.439. The van der Waals surface area contributed by atoms with E-state index in [1.165, 1.54) is 11.8 Å². The Labute approximate surface area is 146 Å². The van der Waals surface area contributed by atoms with Gasteiger partial charge in [0, 0.05) is 10.6 Å². The van der Waals surface area contributed by atoms with E-state index in [4.69, 9.17) is 4.74 Å². The van der Waals surface area contributed by atoms with Gasteiger partial charge < -0.3 is 10.1 Å². The van der Waals surface area contributed by atoms with Crippen molar-refractivity contribution in [2.75, 3.05) is 17.7 Å². The maximum absolute atomic E-state index is 12.0. The number of thioether (sulfide) groups is 1. The Bertz CT molecular complexity index is 656. The third-order valence-corrected chi connectivity index (χ3v) is 4.26. The van der Waals surface area contributed by atoms with Crippen molar-refractivity contribution < 1.29 is 14.3 Å². The molecule has 2 aromatic carbocycles. The number of carbonyl (C=O) groups is 2. The van der Waals surface area contributed by atoms with Crippen LogP contribution in [0.3, 0.4) is 0 Å². The van der Waals surface area contributed by atoms with Crippen LogP contribution < -0.4 is 5.32 Å². The molecule has 0 aliphatic carbocycles. The maximum Gasteiger partial charge on any atom is 0.338 e. The lowest BCUT2D eigenvalue weighted by Crippen LogP contribution is -2.14. The average Bonchev–Trinajstić information content (AvgIpc) is 2.61. The summed E-state index contributed by atoms with van der Waals surface area (Å²) < 4.78 is 5.15. The molecule has 5 heteroatoms. The molecule has 0 atom stereocenters. The van der Waals surface area contributed by atoms with Crippen LogP contribution in [0.1, 0.15) is 30.1 Å². The molecule has 126 valence electrons. The zero-order valence-corrected chi connectivity index (χ0v) is 14.5. The minimum Gasteiger partial charge on any atom is -0.462 e. The molecule has 4 nitrogen and oxygen atoms in total. The van der Waals surface area contributed by atoms with E-state index in [2.05, 4.69) is 5.32 Å². The summed E-state index contributed by atoms with van der Waals surface area (Å²) in [5, 5.41) is 2.82. The molecule has 0 unspecified atom stereocenters. The van der Waals surface area contributed by atoms with Gasteiger partial charge in [0.2, 0.25) is 5.91 Å². The van der Waals surface area contributed by atoms with Gasteiger partial charge >= 0.3 is 5.97 Å². The Morgan fingerprint density at radius 3 is 2.42 bits per heavy atom. The number of hydrogen-bond donors (Lipinski definition) is 1. The van der Waals surface area contributed by atoms with Crippen LogP contribution in [0.4, 0.5) is 5.69 Å². The Hall–Kier alpha value is -2.27. The molecular formula is C19H21NO3S. The lowest BCUT2D eigenvalue weighted by Gasteiger charge is -2.07. The normalized spacial score (nSPS) is 10.2. The highest BCUT2D eigenvalue weighted by atomic mass is 32.2. The Balaban J connectivity index is 1.80. The average molecular weight is 343 g/mol. The van der Waals surface area contributed by atoms with Crippen LogP contribution in [0, 0.1) is 0 Å². The Morgan fingerprint density at radius 1 is 1.04 bits per heavy atom. The second kappa shape index (κ2) is 9.78. The van der Waals surface area contributed by atoms with Crippen molar-refractivity contribution >= 4 is 29.3 Å². The van der Waals surface area contributed by atoms with Crippen LogP contribution in [0.15, 0.2) is 59.5 Å². The standard InChI is InChI=1S/C19H21NO3S/c1-2-3-13-23-19(22)15-9-11-16(12-10-15)20-18(21)14-24-17-7-5-4-6-8-17/h4-12H,2-3,13-14H2,1H3,(H,20,21). The molecule has 0 heterocycles. The van der Waals surface area contributed by atoms with Gasteiger partial charge in [0.1, 0.15) is 0 Å². The molecule has 0 aliphatic rings. The van der Waals surface area contributed by atoms with Gasteiger partial charge in [0.15, 0.2) is 0 Å². The zero-order chi connectivity index (χ0) is 17.2. The molecule has 0 aliphatic heterocycles. The summed E-state index contributed by atoms with van der Waals surface area (Å²) in [6.45, 7) is 2.48. The van der Waals surface area contributed by atoms with E-state index in [-0.39, 0.29) is 11.9 Å². The number of benzene rings is 2. The summed E-state index contributed by atoms with van der Waals surface area (Å²) in [4.78, 5) is 24.8. The lowest BCUT2D eigenvalue weighted by atomic mass is 10.2. The van der Waals surface area contributed by atoms with Crippen molar-refractivity contribution in [2.24, 2.45) is 0 Å². The van der Waals surface area contributed by atoms with Crippen LogP contribution in [0.2, 0.25) is 0 Å². The van der Waals surface area contributed by atoms with E-state index in [1.54, 1.807) is 24.3 Å². The molecule has 0 radical (unpaired) electrons. The van der Waals surface area contributed by atoms with E-state index >= 15 is 0 Å². The van der Waals surface area contributed by atoms with Crippen molar-refractivity contribution in [1.82, 2.24) is 0 Å². The van der Waals surface area contributed by atoms with Crippen molar-refractivity contribution in [3.05, 3.63) is 60.2 Å². The molecule has 24 heavy (non-hydrogen) atoms. The molecule has 2 rings (SSSR count). The van der Waals surface area contributed by atoms with E-state index in [1.807, 2.05) is 37.3 Å². The van der Waals surface area contributed by atoms with Crippen molar-refractivity contribution in [3.63, 3.8) is 0 Å². The number of anilines is 1. The largest absolute Gasteiger partial charge is 0.462 e. The summed E-state index contributed by atoms with van der Waals surface area (Å²) in [7, 11) is 0. The topological polar surface area (TPSA) is 55.4 Å². The molecule has 0 bridgehead atoms. The molecule has 0 aromatic heterocycles. The zero-order valence-electron chi connectivity index (χ0n) is 13.7. The number of esters is 1. The number of hydrogen-bond acceptors (Lipinski definition) is 4. The number of nitrogens with one attached hydrogen (secondary N) is 1. The first kappa shape index (κ1) is 18.1. The van der Waals surface area contributed by atoms with E-state index in [0.29, 0.717) is 23.6 Å². The molecule has 1 amide bonds. The first-order valence-electron chi connectivity index (χ1n) is 7.94. The lowest BCUT2D eigenvalue weighted by molar-refractivity contribution is -0.113. The Kier molecular flexibility index (Phi) is 7.36. The highest BCUT2D eigenvalue weighted by molar-refractivity contribution is 8.00. The summed E-state index contributed by atoms with van der Waals surface area (Å²) in [6, 6.07) is 16.5. The summed E-state index contributed by atoms with van der Waals surface area (Å²) in [6.07, 6.45) is 1.85. The molecular weight excluding hydrogens is 322 g/mol. The Morgan fingerprint density at radius 2 is 1.75 bits per heavy atom. The number of amides is 1. The van der Waals surface area contributed by atoms with Crippen LogP contribution in [0.25, 0.3) is 0 Å². The van der Waals surface area contributed by atoms with Gasteiger partial charge in [-0.25, -0.2) is 4.79 Å². The third kappa shape index (κ3) is 6.08. The van der Waals surface area contributed by atoms with Gasteiger partial charge in [-0.15, -0.1) is 11.8 Å². The van der Waals surface area contributed by atoms with Gasteiger partial charge in [-0.2, -0.15) is 0 Å². The van der Waals surface area contributed by atoms with Gasteiger partial charge in [0.25, 0.3) is 0 Å². The molecule has 0 fully saturated rings. The molecule has 0 saturated carbocycles. The van der Waals surface area contributed by atoms with Gasteiger partial charge in [-0.1, -0.05) is 31.5 Å². The fourth-order valence-electron chi connectivity index (χ4n) is 1.94. The van der Waals surface area contributed by atoms with Crippen LogP contribution in [-0.2, 0) is 9.53 Å². The predicted octanol–water partition coefficient (Wildman–Crippen LogP) is 4.37. The van der Waals surface area contributed by atoms with E-state index < -0.39 is 0 Å². The second-order valence-corrected chi connectivity index (χ2v) is 6.27. The first-order valence-corrected chi connectivity index (χ1v) is 8.92. The fourth-order valence-corrected chi connectivity index (χ4v) is 2.66. The van der Waals surface area contributed by atoms with Crippen LogP contribution >= 0.6 is 11.8 Å². The monoisotopic (exact) mass is 343 g/mol. The number of carbonyl (C=O) groups excluding carboxylic acids is 2. The number of ether oxygens (including phenoxy) is 1. The molecule has 0 spiro atoms. The SMILES string of the molecule is CCCCOC(=O)c1ccc(NC(=O)CSc2ccccc2)cc1. The van der Waals surface area contributed by atoms with E-state index in [9.17, 15) is 9.59 Å². The summed E-state index contributed by atoms with van der Waals surface area (Å²) in [5.41, 5.74) is 1.15. The van der Waals surface area contributed by atoms with E-state index in [0.717, 1.165) is 17.7 Å². The maximum atomic E-state index is 12.0. The smallest absolute Gasteiger partial charge is 0.338 e. The van der Waals surface area contributed by atoms with Crippen LogP contribution in [0.5, 0.6) is 0 Å². The van der Waals surface area contributed by atoms with Gasteiger partial charge in [-0.3, -0.25) is 4.79 Å². The molecule has 2 aromatic rings. The summed E-state index contributed by atoms with van der Waals surface area (Å²) >= 11 is 1.48. The minimum absolute atomic E-state index is 0.0814. The fraction of sp³-hybridized carbons (Fsp3) is 0.263. The van der Waals surface area contributed by atoms with Gasteiger partial charge in [-0.05, 0) is 42.8 Å². The minimum atomic E-state index is -0.332. The van der Waals surface area contributed by atoms with Crippen molar-refractivity contribution in [3.8, 4) is 0 Å². The molecule has 0 saturated heterocycles. The second-order valence-electron chi connectivity index (χ2n) is 5.22. The van der Waals surface area contributed by atoms with Crippen LogP contribution in [-0.4, -0.2) is 24.2 Å². The van der Waals surface area contributed by atoms with Crippen molar-refractivity contribution in [2.45, 2.75) is 24.7 Å².